The van der Waals surface area contributed by atoms with Gasteiger partial charge in [0.1, 0.15) is 0 Å². The number of aryl methyl sites for hydroxylation is 1. The van der Waals surface area contributed by atoms with Gasteiger partial charge in [-0.1, -0.05) is 30.3 Å². The van der Waals surface area contributed by atoms with E-state index in [2.05, 4.69) is 24.3 Å². The fourth-order valence-corrected chi connectivity index (χ4v) is 4.32. The zero-order valence-electron chi connectivity index (χ0n) is 16.1. The first-order chi connectivity index (χ1) is 13.7. The molecule has 0 bridgehead atoms. The average molecular weight is 381 g/mol. The SMILES string of the molecule is O=C(c1ccc2c(c1)OCO2)N1CCCC(CO)(CCCc2ccccc2)C1. The number of likely N-dealkylation sites (tertiary alicyclic amines) is 1. The van der Waals surface area contributed by atoms with Crippen LogP contribution < -0.4 is 9.47 Å². The molecule has 1 atom stereocenters. The summed E-state index contributed by atoms with van der Waals surface area (Å²) >= 11 is 0. The van der Waals surface area contributed by atoms with Crippen LogP contribution in [0.2, 0.25) is 0 Å². The Morgan fingerprint density at radius 3 is 2.75 bits per heavy atom. The molecule has 5 heteroatoms. The van der Waals surface area contributed by atoms with Crippen LogP contribution in [0.25, 0.3) is 0 Å². The van der Waals surface area contributed by atoms with Crippen molar-refractivity contribution in [1.29, 1.82) is 0 Å². The average Bonchev–Trinajstić information content (AvgIpc) is 3.22. The zero-order chi connectivity index (χ0) is 19.4. The lowest BCUT2D eigenvalue weighted by Gasteiger charge is -2.42. The molecule has 2 heterocycles. The van der Waals surface area contributed by atoms with Crippen LogP contribution in [0.1, 0.15) is 41.6 Å². The van der Waals surface area contributed by atoms with Crippen LogP contribution in [0, 0.1) is 5.41 Å². The fraction of sp³-hybridized carbons (Fsp3) is 0.435. The summed E-state index contributed by atoms with van der Waals surface area (Å²) in [4.78, 5) is 14.9. The summed E-state index contributed by atoms with van der Waals surface area (Å²) < 4.78 is 10.7. The summed E-state index contributed by atoms with van der Waals surface area (Å²) in [6, 6.07) is 15.8. The summed E-state index contributed by atoms with van der Waals surface area (Å²) in [5.41, 5.74) is 1.72. The first kappa shape index (κ1) is 18.8. The van der Waals surface area contributed by atoms with E-state index in [1.165, 1.54) is 5.56 Å². The Labute approximate surface area is 165 Å². The highest BCUT2D eigenvalue weighted by Gasteiger charge is 2.36. The number of aliphatic hydroxyl groups is 1. The Kier molecular flexibility index (Phi) is 5.53. The molecule has 2 aromatic rings. The molecular weight excluding hydrogens is 354 g/mol. The standard InChI is InChI=1S/C23H27NO4/c25-16-23(11-4-8-18-6-2-1-3-7-18)12-5-13-24(15-23)22(26)19-9-10-20-21(14-19)28-17-27-20/h1-3,6-7,9-10,14,25H,4-5,8,11-13,15-17H2. The maximum absolute atomic E-state index is 13.0. The van der Waals surface area contributed by atoms with Gasteiger partial charge in [-0.3, -0.25) is 4.79 Å². The molecule has 1 amide bonds. The smallest absolute Gasteiger partial charge is 0.254 e. The molecule has 1 N–H and O–H groups in total. The predicted octanol–water partition coefficient (Wildman–Crippen LogP) is 3.65. The van der Waals surface area contributed by atoms with E-state index in [4.69, 9.17) is 9.47 Å². The molecule has 0 radical (unpaired) electrons. The molecule has 148 valence electrons. The number of amides is 1. The maximum Gasteiger partial charge on any atom is 0.254 e. The maximum atomic E-state index is 13.0. The van der Waals surface area contributed by atoms with E-state index in [1.807, 2.05) is 11.0 Å². The lowest BCUT2D eigenvalue weighted by Crippen LogP contribution is -2.48. The van der Waals surface area contributed by atoms with Gasteiger partial charge in [0.05, 0.1) is 6.61 Å². The highest BCUT2D eigenvalue weighted by Crippen LogP contribution is 2.37. The lowest BCUT2D eigenvalue weighted by atomic mass is 9.76. The van der Waals surface area contributed by atoms with Crippen LogP contribution in [0.4, 0.5) is 0 Å². The molecule has 0 saturated carbocycles. The second-order valence-corrected chi connectivity index (χ2v) is 7.90. The van der Waals surface area contributed by atoms with E-state index in [-0.39, 0.29) is 24.7 Å². The van der Waals surface area contributed by atoms with Crippen LogP contribution in [0.3, 0.4) is 0 Å². The first-order valence-corrected chi connectivity index (χ1v) is 10.0. The Morgan fingerprint density at radius 1 is 1.11 bits per heavy atom. The molecule has 0 aliphatic carbocycles. The number of piperidine rings is 1. The van der Waals surface area contributed by atoms with Gasteiger partial charge < -0.3 is 19.5 Å². The number of carbonyl (C=O) groups excluding carboxylic acids is 1. The Balaban J connectivity index is 1.40. The largest absolute Gasteiger partial charge is 0.454 e. The number of hydrogen-bond donors (Lipinski definition) is 1. The van der Waals surface area contributed by atoms with Crippen molar-refractivity contribution in [2.45, 2.75) is 32.1 Å². The molecule has 2 aliphatic heterocycles. The third kappa shape index (κ3) is 3.99. The summed E-state index contributed by atoms with van der Waals surface area (Å²) in [6.07, 6.45) is 4.81. The monoisotopic (exact) mass is 381 g/mol. The van der Waals surface area contributed by atoms with Crippen molar-refractivity contribution in [3.8, 4) is 11.5 Å². The van der Waals surface area contributed by atoms with Gasteiger partial charge in [-0.2, -0.15) is 0 Å². The van der Waals surface area contributed by atoms with Crippen molar-refractivity contribution in [1.82, 2.24) is 4.90 Å². The Morgan fingerprint density at radius 2 is 1.93 bits per heavy atom. The minimum Gasteiger partial charge on any atom is -0.454 e. The lowest BCUT2D eigenvalue weighted by molar-refractivity contribution is 0.0216. The molecule has 2 aromatic carbocycles. The number of carbonyl (C=O) groups is 1. The minimum atomic E-state index is -0.209. The second-order valence-electron chi connectivity index (χ2n) is 7.90. The molecule has 0 spiro atoms. The van der Waals surface area contributed by atoms with Crippen LogP contribution >= 0.6 is 0 Å². The highest BCUT2D eigenvalue weighted by atomic mass is 16.7. The van der Waals surface area contributed by atoms with E-state index in [1.54, 1.807) is 18.2 Å². The third-order valence-corrected chi connectivity index (χ3v) is 5.92. The van der Waals surface area contributed by atoms with E-state index < -0.39 is 0 Å². The molecule has 1 unspecified atom stereocenters. The van der Waals surface area contributed by atoms with Crippen molar-refractivity contribution < 1.29 is 19.4 Å². The third-order valence-electron chi connectivity index (χ3n) is 5.92. The quantitative estimate of drug-likeness (QED) is 0.830. The number of ether oxygens (including phenoxy) is 2. The number of aliphatic hydroxyl groups excluding tert-OH is 1. The van der Waals surface area contributed by atoms with Crippen LogP contribution in [0.15, 0.2) is 48.5 Å². The van der Waals surface area contributed by atoms with Gasteiger partial charge in [0, 0.05) is 24.1 Å². The van der Waals surface area contributed by atoms with Crippen LogP contribution in [-0.4, -0.2) is 42.4 Å². The molecule has 1 fully saturated rings. The van der Waals surface area contributed by atoms with Gasteiger partial charge >= 0.3 is 0 Å². The van der Waals surface area contributed by atoms with Crippen molar-refractivity contribution in [3.05, 3.63) is 59.7 Å². The summed E-state index contributed by atoms with van der Waals surface area (Å²) in [5, 5.41) is 10.2. The van der Waals surface area contributed by atoms with Gasteiger partial charge in [0.25, 0.3) is 5.91 Å². The summed E-state index contributed by atoms with van der Waals surface area (Å²) in [5.74, 6) is 1.30. The van der Waals surface area contributed by atoms with E-state index in [0.717, 1.165) is 38.6 Å². The minimum absolute atomic E-state index is 0.00103. The van der Waals surface area contributed by atoms with E-state index in [0.29, 0.717) is 23.6 Å². The molecule has 2 aliphatic rings. The van der Waals surface area contributed by atoms with Crippen molar-refractivity contribution >= 4 is 5.91 Å². The molecule has 4 rings (SSSR count). The topological polar surface area (TPSA) is 59.0 Å². The number of fused-ring (bicyclic) bond motifs is 1. The van der Waals surface area contributed by atoms with Gasteiger partial charge in [0.15, 0.2) is 11.5 Å². The van der Waals surface area contributed by atoms with Crippen molar-refractivity contribution in [2.24, 2.45) is 5.41 Å². The summed E-state index contributed by atoms with van der Waals surface area (Å²) in [6.45, 7) is 1.65. The Hall–Kier alpha value is -2.53. The van der Waals surface area contributed by atoms with Crippen molar-refractivity contribution in [2.75, 3.05) is 26.5 Å². The molecule has 0 aromatic heterocycles. The van der Waals surface area contributed by atoms with Gasteiger partial charge in [0.2, 0.25) is 6.79 Å². The van der Waals surface area contributed by atoms with Crippen LogP contribution in [-0.2, 0) is 6.42 Å². The molecule has 28 heavy (non-hydrogen) atoms. The molecule has 5 nitrogen and oxygen atoms in total. The second kappa shape index (κ2) is 8.23. The highest BCUT2D eigenvalue weighted by molar-refractivity contribution is 5.95. The van der Waals surface area contributed by atoms with Crippen molar-refractivity contribution in [3.63, 3.8) is 0 Å². The number of rotatable bonds is 6. The number of hydrogen-bond acceptors (Lipinski definition) is 4. The zero-order valence-corrected chi connectivity index (χ0v) is 16.1. The number of benzene rings is 2. The van der Waals surface area contributed by atoms with E-state index in [9.17, 15) is 9.90 Å². The summed E-state index contributed by atoms with van der Waals surface area (Å²) in [7, 11) is 0. The molecular formula is C23H27NO4. The van der Waals surface area contributed by atoms with Crippen LogP contribution in [0.5, 0.6) is 11.5 Å². The normalized spacial score (nSPS) is 21.0. The predicted molar refractivity (Wildman–Crippen MR) is 107 cm³/mol. The Bertz CT molecular complexity index is 823. The number of nitrogens with zero attached hydrogens (tertiary/aromatic N) is 1. The first-order valence-electron chi connectivity index (χ1n) is 10.0. The molecule has 1 saturated heterocycles. The van der Waals surface area contributed by atoms with Gasteiger partial charge in [-0.25, -0.2) is 0 Å². The van der Waals surface area contributed by atoms with Gasteiger partial charge in [-0.05, 0) is 55.9 Å². The van der Waals surface area contributed by atoms with Gasteiger partial charge in [-0.15, -0.1) is 0 Å². The van der Waals surface area contributed by atoms with E-state index >= 15 is 0 Å². The fourth-order valence-electron chi connectivity index (χ4n) is 4.32.